The fourth-order valence-electron chi connectivity index (χ4n) is 1.87. The Bertz CT molecular complexity index is 634. The van der Waals surface area contributed by atoms with E-state index in [0.717, 1.165) is 23.4 Å². The molecule has 0 fully saturated rings. The van der Waals surface area contributed by atoms with Gasteiger partial charge in [0.1, 0.15) is 11.6 Å². The molecule has 9 heteroatoms. The summed E-state index contributed by atoms with van der Waals surface area (Å²) in [4.78, 5) is 3.94. The van der Waals surface area contributed by atoms with Crippen molar-refractivity contribution in [1.29, 1.82) is 0 Å². The third-order valence-corrected chi connectivity index (χ3v) is 2.88. The predicted molar refractivity (Wildman–Crippen MR) is 72.3 cm³/mol. The van der Waals surface area contributed by atoms with Crippen LogP contribution in [-0.2, 0) is 19.8 Å². The maximum atomic E-state index is 12.8. The molecule has 0 aliphatic rings. The second-order valence-electron chi connectivity index (χ2n) is 4.54. The highest BCUT2D eigenvalue weighted by molar-refractivity contribution is 5.49. The molecule has 2 aromatic heterocycles. The van der Waals surface area contributed by atoms with E-state index < -0.39 is 11.7 Å². The van der Waals surface area contributed by atoms with Crippen molar-refractivity contribution < 1.29 is 13.2 Å². The fourth-order valence-corrected chi connectivity index (χ4v) is 1.87. The lowest BCUT2D eigenvalue weighted by Gasteiger charge is -2.12. The number of nitrogens with two attached hydrogens (primary N) is 1. The van der Waals surface area contributed by atoms with Crippen LogP contribution < -0.4 is 16.6 Å². The van der Waals surface area contributed by atoms with Crippen LogP contribution in [0.2, 0.25) is 0 Å². The van der Waals surface area contributed by atoms with Gasteiger partial charge in [-0.1, -0.05) is 0 Å². The van der Waals surface area contributed by atoms with E-state index in [-0.39, 0.29) is 11.6 Å². The van der Waals surface area contributed by atoms with E-state index in [2.05, 4.69) is 20.8 Å². The molecule has 6 nitrogen and oxygen atoms in total. The van der Waals surface area contributed by atoms with Gasteiger partial charge in [-0.3, -0.25) is 4.68 Å². The number of rotatable bonds is 4. The molecule has 2 heterocycles. The number of nitrogen functional groups attached to an aromatic ring is 1. The molecular formula is C12H15F3N6. The Hall–Kier alpha value is -2.29. The number of anilines is 2. The van der Waals surface area contributed by atoms with Gasteiger partial charge >= 0.3 is 6.18 Å². The van der Waals surface area contributed by atoms with E-state index in [1.165, 1.54) is 0 Å². The maximum Gasteiger partial charge on any atom is 0.416 e. The highest BCUT2D eigenvalue weighted by Crippen LogP contribution is 2.32. The van der Waals surface area contributed by atoms with Crippen molar-refractivity contribution >= 4 is 11.6 Å². The Balaban J connectivity index is 2.21. The van der Waals surface area contributed by atoms with E-state index in [4.69, 9.17) is 5.84 Å². The topological polar surface area (TPSA) is 80.8 Å². The van der Waals surface area contributed by atoms with Crippen LogP contribution in [0.1, 0.15) is 16.8 Å². The lowest BCUT2D eigenvalue weighted by Crippen LogP contribution is -2.14. The zero-order valence-corrected chi connectivity index (χ0v) is 11.5. The largest absolute Gasteiger partial charge is 0.416 e. The summed E-state index contributed by atoms with van der Waals surface area (Å²) in [6.07, 6.45) is -2.67. The molecule has 21 heavy (non-hydrogen) atoms. The Morgan fingerprint density at radius 2 is 1.95 bits per heavy atom. The third-order valence-electron chi connectivity index (χ3n) is 2.88. The van der Waals surface area contributed by atoms with Crippen molar-refractivity contribution in [2.45, 2.75) is 19.6 Å². The minimum atomic E-state index is -4.46. The molecule has 0 spiro atoms. The number of nitrogens with one attached hydrogen (secondary N) is 2. The number of pyridine rings is 1. The van der Waals surface area contributed by atoms with Gasteiger partial charge in [0.2, 0.25) is 0 Å². The molecule has 114 valence electrons. The second-order valence-corrected chi connectivity index (χ2v) is 4.54. The predicted octanol–water partition coefficient (Wildman–Crippen LogP) is 2.04. The van der Waals surface area contributed by atoms with Crippen molar-refractivity contribution in [1.82, 2.24) is 14.8 Å². The first-order valence-electron chi connectivity index (χ1n) is 6.08. The smallest absolute Gasteiger partial charge is 0.366 e. The van der Waals surface area contributed by atoms with Crippen LogP contribution in [0, 0.1) is 6.92 Å². The summed E-state index contributed by atoms with van der Waals surface area (Å²) in [5, 5.41) is 7.00. The third kappa shape index (κ3) is 3.63. The quantitative estimate of drug-likeness (QED) is 0.595. The van der Waals surface area contributed by atoms with Crippen LogP contribution in [0.15, 0.2) is 18.3 Å². The second kappa shape index (κ2) is 5.60. The van der Waals surface area contributed by atoms with Crippen LogP contribution in [0.3, 0.4) is 0 Å². The molecule has 0 amide bonds. The molecule has 0 atom stereocenters. The van der Waals surface area contributed by atoms with Crippen LogP contribution in [-0.4, -0.2) is 14.8 Å². The summed E-state index contributed by atoms with van der Waals surface area (Å²) in [5.41, 5.74) is 2.98. The number of hydrogen-bond donors (Lipinski definition) is 3. The standard InChI is InChI=1S/C12H15F3N6/c1-7-8(6-21(2)20-7)5-17-10-3-9(12(13,14)15)4-11(18-10)19-16/h3-4,6H,5,16H2,1-2H3,(H2,17,18,19). The summed E-state index contributed by atoms with van der Waals surface area (Å²) >= 11 is 0. The minimum absolute atomic E-state index is 0.0600. The van der Waals surface area contributed by atoms with Gasteiger partial charge in [0.15, 0.2) is 0 Å². The van der Waals surface area contributed by atoms with Crippen molar-refractivity contribution in [3.8, 4) is 0 Å². The number of halogens is 3. The molecule has 0 aliphatic carbocycles. The first-order chi connectivity index (χ1) is 9.79. The van der Waals surface area contributed by atoms with Crippen molar-refractivity contribution in [3.05, 3.63) is 35.2 Å². The van der Waals surface area contributed by atoms with Gasteiger partial charge in [-0.25, -0.2) is 10.8 Å². The molecule has 0 unspecified atom stereocenters. The Labute approximate surface area is 119 Å². The number of alkyl halides is 3. The lowest BCUT2D eigenvalue weighted by molar-refractivity contribution is -0.137. The fraction of sp³-hybridized carbons (Fsp3) is 0.333. The van der Waals surface area contributed by atoms with Crippen molar-refractivity contribution in [3.63, 3.8) is 0 Å². The van der Waals surface area contributed by atoms with Gasteiger partial charge in [0, 0.05) is 25.4 Å². The van der Waals surface area contributed by atoms with Gasteiger partial charge in [0.25, 0.3) is 0 Å². The lowest BCUT2D eigenvalue weighted by atomic mass is 10.2. The number of nitrogens with zero attached hydrogens (tertiary/aromatic N) is 3. The molecule has 2 rings (SSSR count). The SMILES string of the molecule is Cc1nn(C)cc1CNc1cc(C(F)(F)F)cc(NN)n1. The Morgan fingerprint density at radius 1 is 1.29 bits per heavy atom. The minimum Gasteiger partial charge on any atom is -0.366 e. The molecule has 0 saturated heterocycles. The highest BCUT2D eigenvalue weighted by Gasteiger charge is 2.31. The monoisotopic (exact) mass is 300 g/mol. The molecule has 0 aliphatic heterocycles. The summed E-state index contributed by atoms with van der Waals surface area (Å²) in [6, 6.07) is 1.78. The molecule has 0 saturated carbocycles. The zero-order chi connectivity index (χ0) is 15.6. The molecule has 2 aromatic rings. The first-order valence-corrected chi connectivity index (χ1v) is 6.08. The van der Waals surface area contributed by atoms with Crippen LogP contribution >= 0.6 is 0 Å². The number of hydrazine groups is 1. The van der Waals surface area contributed by atoms with E-state index in [1.54, 1.807) is 17.9 Å². The van der Waals surface area contributed by atoms with Crippen LogP contribution in [0.25, 0.3) is 0 Å². The van der Waals surface area contributed by atoms with Crippen molar-refractivity contribution in [2.75, 3.05) is 10.7 Å². The average molecular weight is 300 g/mol. The van der Waals surface area contributed by atoms with Gasteiger partial charge in [0.05, 0.1) is 11.3 Å². The Kier molecular flexibility index (Phi) is 4.03. The highest BCUT2D eigenvalue weighted by atomic mass is 19.4. The average Bonchev–Trinajstić information content (AvgIpc) is 2.73. The van der Waals surface area contributed by atoms with Crippen LogP contribution in [0.5, 0.6) is 0 Å². The van der Waals surface area contributed by atoms with Crippen LogP contribution in [0.4, 0.5) is 24.8 Å². The number of aromatic nitrogens is 3. The van der Waals surface area contributed by atoms with E-state index >= 15 is 0 Å². The normalized spacial score (nSPS) is 11.5. The summed E-state index contributed by atoms with van der Waals surface area (Å²) in [5.74, 6) is 5.17. The van der Waals surface area contributed by atoms with Crippen molar-refractivity contribution in [2.24, 2.45) is 12.9 Å². The molecule has 4 N–H and O–H groups in total. The van der Waals surface area contributed by atoms with Gasteiger partial charge in [-0.2, -0.15) is 18.3 Å². The molecule has 0 radical (unpaired) electrons. The Morgan fingerprint density at radius 3 is 2.48 bits per heavy atom. The molecule has 0 bridgehead atoms. The zero-order valence-electron chi connectivity index (χ0n) is 11.5. The molecular weight excluding hydrogens is 285 g/mol. The summed E-state index contributed by atoms with van der Waals surface area (Å²) in [6.45, 7) is 2.14. The number of aryl methyl sites for hydroxylation is 2. The summed E-state index contributed by atoms with van der Waals surface area (Å²) < 4.78 is 40.0. The first kappa shape index (κ1) is 15.1. The van der Waals surface area contributed by atoms with Gasteiger partial charge < -0.3 is 10.7 Å². The summed E-state index contributed by atoms with van der Waals surface area (Å²) in [7, 11) is 1.77. The maximum absolute atomic E-state index is 12.8. The van der Waals surface area contributed by atoms with Gasteiger partial charge in [-0.05, 0) is 19.1 Å². The number of hydrogen-bond acceptors (Lipinski definition) is 5. The van der Waals surface area contributed by atoms with E-state index in [9.17, 15) is 13.2 Å². The van der Waals surface area contributed by atoms with E-state index in [1.807, 2.05) is 6.92 Å². The van der Waals surface area contributed by atoms with Gasteiger partial charge in [-0.15, -0.1) is 0 Å². The van der Waals surface area contributed by atoms with E-state index in [0.29, 0.717) is 6.54 Å². The molecule has 0 aromatic carbocycles.